The minimum Gasteiger partial charge on any atom is -0.478 e. The minimum absolute atomic E-state index is 0.111. The highest BCUT2D eigenvalue weighted by molar-refractivity contribution is 5.91. The Balaban J connectivity index is 2.23. The van der Waals surface area contributed by atoms with Crippen LogP contribution in [-0.2, 0) is 12.8 Å². The fourth-order valence-electron chi connectivity index (χ4n) is 2.52. The first kappa shape index (κ1) is 12.4. The van der Waals surface area contributed by atoms with Crippen LogP contribution in [0.15, 0.2) is 18.5 Å². The molecule has 0 bridgehead atoms. The van der Waals surface area contributed by atoms with E-state index in [9.17, 15) is 9.90 Å². The van der Waals surface area contributed by atoms with Gasteiger partial charge in [-0.1, -0.05) is 0 Å². The van der Waals surface area contributed by atoms with Crippen LogP contribution in [-0.4, -0.2) is 25.6 Å². The maximum atomic E-state index is 11.4. The van der Waals surface area contributed by atoms with Crippen molar-refractivity contribution >= 4 is 5.97 Å². The van der Waals surface area contributed by atoms with Gasteiger partial charge in [0.2, 0.25) is 5.82 Å². The monoisotopic (exact) mass is 268 g/mol. The molecule has 0 fully saturated rings. The summed E-state index contributed by atoms with van der Waals surface area (Å²) in [6.07, 6.45) is 6.84. The molecule has 6 heteroatoms. The average Bonchev–Trinajstić information content (AvgIpc) is 2.94. The molecule has 0 saturated carbocycles. The van der Waals surface area contributed by atoms with Crippen molar-refractivity contribution in [1.82, 2.24) is 14.5 Å². The van der Waals surface area contributed by atoms with E-state index in [1.807, 2.05) is 6.07 Å². The molecule has 0 radical (unpaired) electrons. The van der Waals surface area contributed by atoms with E-state index in [4.69, 9.17) is 5.26 Å². The molecule has 0 atom stereocenters. The van der Waals surface area contributed by atoms with Gasteiger partial charge < -0.3 is 5.11 Å². The molecule has 0 unspecified atom stereocenters. The number of carboxylic acids is 1. The van der Waals surface area contributed by atoms with Gasteiger partial charge in [-0.05, 0) is 37.3 Å². The molecule has 0 aliphatic heterocycles. The standard InChI is InChI=1S/C14H12N4O2/c15-8-12-16-5-6-18(12)13-10(14(19)20)7-9-3-1-2-4-11(9)17-13/h5-7H,1-4H2,(H,19,20). The maximum absolute atomic E-state index is 11.4. The Kier molecular flexibility index (Phi) is 2.95. The number of hydrogen-bond donors (Lipinski definition) is 1. The van der Waals surface area contributed by atoms with Crippen molar-refractivity contribution in [2.45, 2.75) is 25.7 Å². The molecular formula is C14H12N4O2. The first-order valence-corrected chi connectivity index (χ1v) is 6.40. The number of hydrogen-bond acceptors (Lipinski definition) is 4. The second-order valence-corrected chi connectivity index (χ2v) is 4.71. The first-order chi connectivity index (χ1) is 9.70. The summed E-state index contributed by atoms with van der Waals surface area (Å²) in [6, 6.07) is 3.62. The van der Waals surface area contributed by atoms with E-state index in [0.717, 1.165) is 36.9 Å². The lowest BCUT2D eigenvalue weighted by molar-refractivity contribution is 0.0696. The highest BCUT2D eigenvalue weighted by atomic mass is 16.4. The number of rotatable bonds is 2. The van der Waals surface area contributed by atoms with Gasteiger partial charge in [0.15, 0.2) is 5.82 Å². The number of nitrogens with zero attached hydrogens (tertiary/aromatic N) is 4. The lowest BCUT2D eigenvalue weighted by atomic mass is 9.94. The van der Waals surface area contributed by atoms with Gasteiger partial charge in [0, 0.05) is 18.1 Å². The zero-order chi connectivity index (χ0) is 14.1. The minimum atomic E-state index is -1.04. The quantitative estimate of drug-likeness (QED) is 0.895. The third-order valence-corrected chi connectivity index (χ3v) is 3.48. The second-order valence-electron chi connectivity index (χ2n) is 4.71. The van der Waals surface area contributed by atoms with Gasteiger partial charge in [0.25, 0.3) is 0 Å². The highest BCUT2D eigenvalue weighted by Gasteiger charge is 2.21. The van der Waals surface area contributed by atoms with Crippen LogP contribution in [0.3, 0.4) is 0 Å². The number of carbonyl (C=O) groups is 1. The van der Waals surface area contributed by atoms with E-state index >= 15 is 0 Å². The Morgan fingerprint density at radius 2 is 2.20 bits per heavy atom. The van der Waals surface area contributed by atoms with Crippen LogP contribution in [0.4, 0.5) is 0 Å². The van der Waals surface area contributed by atoms with E-state index in [1.54, 1.807) is 12.3 Å². The van der Waals surface area contributed by atoms with Crippen LogP contribution in [0.5, 0.6) is 0 Å². The van der Waals surface area contributed by atoms with Gasteiger partial charge in [0.1, 0.15) is 11.6 Å². The molecule has 1 N–H and O–H groups in total. The molecule has 0 saturated heterocycles. The Morgan fingerprint density at radius 1 is 1.40 bits per heavy atom. The molecule has 0 amide bonds. The van der Waals surface area contributed by atoms with Crippen molar-refractivity contribution in [3.63, 3.8) is 0 Å². The normalized spacial score (nSPS) is 13.6. The van der Waals surface area contributed by atoms with Crippen molar-refractivity contribution in [3.05, 3.63) is 41.1 Å². The van der Waals surface area contributed by atoms with Crippen molar-refractivity contribution < 1.29 is 9.90 Å². The SMILES string of the molecule is N#Cc1nccn1-c1nc2c(cc1C(=O)O)CCCC2. The van der Waals surface area contributed by atoms with E-state index in [2.05, 4.69) is 9.97 Å². The second kappa shape index (κ2) is 4.78. The summed E-state index contributed by atoms with van der Waals surface area (Å²) >= 11 is 0. The predicted octanol–water partition coefficient (Wildman–Crippen LogP) is 1.72. The summed E-state index contributed by atoms with van der Waals surface area (Å²) in [6.45, 7) is 0. The van der Waals surface area contributed by atoms with Crippen molar-refractivity contribution in [3.8, 4) is 11.9 Å². The van der Waals surface area contributed by atoms with Gasteiger partial charge in [-0.15, -0.1) is 0 Å². The maximum Gasteiger partial charge on any atom is 0.339 e. The Hall–Kier alpha value is -2.68. The number of carboxylic acid groups (broad SMARTS) is 1. The van der Waals surface area contributed by atoms with Gasteiger partial charge in [0.05, 0.1) is 0 Å². The largest absolute Gasteiger partial charge is 0.478 e. The summed E-state index contributed by atoms with van der Waals surface area (Å²) in [7, 11) is 0. The number of aromatic carboxylic acids is 1. The van der Waals surface area contributed by atoms with Crippen LogP contribution in [0, 0.1) is 11.3 Å². The van der Waals surface area contributed by atoms with Crippen molar-refractivity contribution in [1.29, 1.82) is 5.26 Å². The van der Waals surface area contributed by atoms with Gasteiger partial charge in [-0.3, -0.25) is 4.57 Å². The smallest absolute Gasteiger partial charge is 0.339 e. The molecule has 2 aromatic rings. The fourth-order valence-corrected chi connectivity index (χ4v) is 2.52. The number of imidazole rings is 1. The van der Waals surface area contributed by atoms with E-state index in [1.165, 1.54) is 10.8 Å². The fraction of sp³-hybridized carbons (Fsp3) is 0.286. The molecule has 1 aliphatic rings. The van der Waals surface area contributed by atoms with Crippen LogP contribution < -0.4 is 0 Å². The molecule has 2 heterocycles. The van der Waals surface area contributed by atoms with Gasteiger partial charge in [-0.25, -0.2) is 14.8 Å². The third kappa shape index (κ3) is 1.93. The van der Waals surface area contributed by atoms with E-state index < -0.39 is 5.97 Å². The molecular weight excluding hydrogens is 256 g/mol. The van der Waals surface area contributed by atoms with Crippen LogP contribution >= 0.6 is 0 Å². The summed E-state index contributed by atoms with van der Waals surface area (Å²) in [5, 5.41) is 18.4. The molecule has 100 valence electrons. The molecule has 6 nitrogen and oxygen atoms in total. The molecule has 20 heavy (non-hydrogen) atoms. The molecule has 0 aromatic carbocycles. The molecule has 0 spiro atoms. The number of aryl methyl sites for hydroxylation is 2. The summed E-state index contributed by atoms with van der Waals surface area (Å²) in [5.74, 6) is -0.638. The van der Waals surface area contributed by atoms with E-state index in [0.29, 0.717) is 0 Å². The summed E-state index contributed by atoms with van der Waals surface area (Å²) in [4.78, 5) is 19.8. The number of aromatic nitrogens is 3. The van der Waals surface area contributed by atoms with Gasteiger partial charge in [-0.2, -0.15) is 5.26 Å². The lowest BCUT2D eigenvalue weighted by Gasteiger charge is -2.17. The topological polar surface area (TPSA) is 91.8 Å². The zero-order valence-electron chi connectivity index (χ0n) is 10.7. The Labute approximate surface area is 115 Å². The molecule has 1 aliphatic carbocycles. The van der Waals surface area contributed by atoms with Gasteiger partial charge >= 0.3 is 5.97 Å². The van der Waals surface area contributed by atoms with Crippen molar-refractivity contribution in [2.24, 2.45) is 0 Å². The Bertz CT molecular complexity index is 727. The average molecular weight is 268 g/mol. The van der Waals surface area contributed by atoms with E-state index in [-0.39, 0.29) is 17.2 Å². The number of fused-ring (bicyclic) bond motifs is 1. The highest BCUT2D eigenvalue weighted by Crippen LogP contribution is 2.24. The molecule has 3 rings (SSSR count). The van der Waals surface area contributed by atoms with Crippen LogP contribution in [0.1, 0.15) is 40.3 Å². The van der Waals surface area contributed by atoms with Crippen LogP contribution in [0.2, 0.25) is 0 Å². The molecule has 2 aromatic heterocycles. The lowest BCUT2D eigenvalue weighted by Crippen LogP contribution is -2.15. The summed E-state index contributed by atoms with van der Waals surface area (Å²) in [5.41, 5.74) is 2.03. The number of pyridine rings is 1. The third-order valence-electron chi connectivity index (χ3n) is 3.48. The first-order valence-electron chi connectivity index (χ1n) is 6.40. The Morgan fingerprint density at radius 3 is 2.95 bits per heavy atom. The van der Waals surface area contributed by atoms with Crippen LogP contribution in [0.25, 0.3) is 5.82 Å². The number of nitriles is 1. The zero-order valence-corrected chi connectivity index (χ0v) is 10.7. The van der Waals surface area contributed by atoms with Crippen molar-refractivity contribution in [2.75, 3.05) is 0 Å². The predicted molar refractivity (Wildman–Crippen MR) is 69.7 cm³/mol. The summed E-state index contributed by atoms with van der Waals surface area (Å²) < 4.78 is 1.43.